The van der Waals surface area contributed by atoms with Gasteiger partial charge in [0.05, 0.1) is 17.2 Å². The molecule has 3 aromatic rings. The van der Waals surface area contributed by atoms with Crippen molar-refractivity contribution in [1.82, 2.24) is 0 Å². The van der Waals surface area contributed by atoms with E-state index in [1.54, 1.807) is 24.3 Å². The number of nitriles is 1. The predicted molar refractivity (Wildman–Crippen MR) is 111 cm³/mol. The Hall–Kier alpha value is -3.38. The van der Waals surface area contributed by atoms with Crippen LogP contribution in [0.5, 0.6) is 5.75 Å². The number of rotatable bonds is 7. The van der Waals surface area contributed by atoms with E-state index >= 15 is 0 Å². The predicted octanol–water partition coefficient (Wildman–Crippen LogP) is 6.18. The van der Waals surface area contributed by atoms with Gasteiger partial charge in [0.25, 0.3) is 0 Å². The molecule has 28 heavy (non-hydrogen) atoms. The summed E-state index contributed by atoms with van der Waals surface area (Å²) < 4.78 is 5.48. The second-order valence-electron chi connectivity index (χ2n) is 6.76. The molecule has 3 aromatic carbocycles. The molecule has 0 spiro atoms. The minimum atomic E-state index is -0.355. The third kappa shape index (κ3) is 5.08. The van der Waals surface area contributed by atoms with Crippen molar-refractivity contribution in [2.45, 2.75) is 32.6 Å². The zero-order valence-electron chi connectivity index (χ0n) is 16.0. The lowest BCUT2D eigenvalue weighted by atomic mass is 10.0. The zero-order valence-corrected chi connectivity index (χ0v) is 16.0. The van der Waals surface area contributed by atoms with Crippen LogP contribution in [0.25, 0.3) is 11.1 Å². The summed E-state index contributed by atoms with van der Waals surface area (Å²) in [6.45, 7) is 2.19. The highest BCUT2D eigenvalue weighted by molar-refractivity contribution is 5.91. The van der Waals surface area contributed by atoms with Crippen LogP contribution in [0.2, 0.25) is 0 Å². The van der Waals surface area contributed by atoms with Gasteiger partial charge < -0.3 is 4.74 Å². The molecule has 0 fully saturated rings. The first-order valence-electron chi connectivity index (χ1n) is 9.61. The molecule has 0 saturated carbocycles. The van der Waals surface area contributed by atoms with Gasteiger partial charge in [0.1, 0.15) is 5.75 Å². The summed E-state index contributed by atoms with van der Waals surface area (Å²) in [5.74, 6) is 0.153. The molecular formula is C25H23NO2. The maximum atomic E-state index is 12.4. The molecule has 3 rings (SSSR count). The van der Waals surface area contributed by atoms with E-state index in [-0.39, 0.29) is 5.97 Å². The highest BCUT2D eigenvalue weighted by atomic mass is 16.5. The first-order valence-corrected chi connectivity index (χ1v) is 9.61. The number of esters is 1. The number of aryl methyl sites for hydroxylation is 1. The van der Waals surface area contributed by atoms with Gasteiger partial charge in [-0.25, -0.2) is 4.79 Å². The van der Waals surface area contributed by atoms with Gasteiger partial charge in [-0.2, -0.15) is 5.26 Å². The molecule has 0 radical (unpaired) electrons. The fourth-order valence-corrected chi connectivity index (χ4v) is 3.01. The first-order chi connectivity index (χ1) is 13.7. The molecule has 0 bridgehead atoms. The van der Waals surface area contributed by atoms with Gasteiger partial charge in [0.2, 0.25) is 0 Å². The van der Waals surface area contributed by atoms with Gasteiger partial charge in [-0.3, -0.25) is 0 Å². The van der Waals surface area contributed by atoms with Crippen molar-refractivity contribution in [3.05, 3.63) is 89.5 Å². The maximum Gasteiger partial charge on any atom is 0.343 e. The first kappa shape index (κ1) is 19.4. The van der Waals surface area contributed by atoms with Gasteiger partial charge in [-0.1, -0.05) is 56.2 Å². The standard InChI is InChI=1S/C25H23NO2/c1-2-3-4-5-19-6-12-23(13-7-19)25(27)28-24-16-14-22(15-17-24)21-10-8-20(18-26)9-11-21/h6-17H,2-5H2,1H3. The van der Waals surface area contributed by atoms with Gasteiger partial charge >= 0.3 is 5.97 Å². The molecule has 0 saturated heterocycles. The number of carbonyl (C=O) groups excluding carboxylic acids is 1. The molecule has 140 valence electrons. The summed E-state index contributed by atoms with van der Waals surface area (Å²) in [7, 11) is 0. The Labute approximate surface area is 166 Å². The normalized spacial score (nSPS) is 10.3. The minimum Gasteiger partial charge on any atom is -0.423 e. The molecule has 0 aliphatic heterocycles. The van der Waals surface area contributed by atoms with Crippen LogP contribution in [-0.2, 0) is 6.42 Å². The summed E-state index contributed by atoms with van der Waals surface area (Å²) in [5, 5.41) is 8.88. The van der Waals surface area contributed by atoms with Gasteiger partial charge in [-0.05, 0) is 65.9 Å². The monoisotopic (exact) mass is 369 g/mol. The second kappa shape index (κ2) is 9.53. The molecule has 0 aliphatic carbocycles. The van der Waals surface area contributed by atoms with Crippen LogP contribution in [0.3, 0.4) is 0 Å². The van der Waals surface area contributed by atoms with E-state index in [4.69, 9.17) is 10.00 Å². The second-order valence-corrected chi connectivity index (χ2v) is 6.76. The van der Waals surface area contributed by atoms with Crippen molar-refractivity contribution in [3.8, 4) is 22.9 Å². The molecule has 0 unspecified atom stereocenters. The number of ether oxygens (including phenoxy) is 1. The average Bonchev–Trinajstić information content (AvgIpc) is 2.75. The van der Waals surface area contributed by atoms with Crippen molar-refractivity contribution in [2.75, 3.05) is 0 Å². The Kier molecular flexibility index (Phi) is 6.59. The summed E-state index contributed by atoms with van der Waals surface area (Å²) in [4.78, 5) is 12.4. The lowest BCUT2D eigenvalue weighted by molar-refractivity contribution is 0.0735. The van der Waals surface area contributed by atoms with Crippen LogP contribution >= 0.6 is 0 Å². The fourth-order valence-electron chi connectivity index (χ4n) is 3.01. The summed E-state index contributed by atoms with van der Waals surface area (Å²) >= 11 is 0. The molecule has 3 nitrogen and oxygen atoms in total. The number of hydrogen-bond donors (Lipinski definition) is 0. The Morgan fingerprint density at radius 3 is 2.04 bits per heavy atom. The number of benzene rings is 3. The van der Waals surface area contributed by atoms with E-state index in [1.165, 1.54) is 24.8 Å². The van der Waals surface area contributed by atoms with Gasteiger partial charge in [0, 0.05) is 0 Å². The van der Waals surface area contributed by atoms with E-state index in [2.05, 4.69) is 13.0 Å². The largest absolute Gasteiger partial charge is 0.423 e. The highest BCUT2D eigenvalue weighted by Crippen LogP contribution is 2.23. The molecular weight excluding hydrogens is 346 g/mol. The third-order valence-electron chi connectivity index (χ3n) is 4.67. The third-order valence-corrected chi connectivity index (χ3v) is 4.67. The van der Waals surface area contributed by atoms with E-state index in [1.807, 2.05) is 48.5 Å². The Morgan fingerprint density at radius 2 is 1.46 bits per heavy atom. The Morgan fingerprint density at radius 1 is 0.857 bits per heavy atom. The van der Waals surface area contributed by atoms with E-state index in [0.717, 1.165) is 17.5 Å². The summed E-state index contributed by atoms with van der Waals surface area (Å²) in [6, 6.07) is 24.5. The highest BCUT2D eigenvalue weighted by Gasteiger charge is 2.09. The van der Waals surface area contributed by atoms with Gasteiger partial charge in [0.15, 0.2) is 0 Å². The lowest BCUT2D eigenvalue weighted by Crippen LogP contribution is -2.08. The van der Waals surface area contributed by atoms with Crippen LogP contribution in [0.4, 0.5) is 0 Å². The smallest absolute Gasteiger partial charge is 0.343 e. The number of carbonyl (C=O) groups is 1. The van der Waals surface area contributed by atoms with Crippen LogP contribution < -0.4 is 4.74 Å². The quantitative estimate of drug-likeness (QED) is 0.284. The minimum absolute atomic E-state index is 0.355. The SMILES string of the molecule is CCCCCc1ccc(C(=O)Oc2ccc(-c3ccc(C#N)cc3)cc2)cc1. The number of unbranched alkanes of at least 4 members (excludes halogenated alkanes) is 2. The van der Waals surface area contributed by atoms with Crippen molar-refractivity contribution in [3.63, 3.8) is 0 Å². The summed E-state index contributed by atoms with van der Waals surface area (Å²) in [6.07, 6.45) is 4.64. The van der Waals surface area contributed by atoms with E-state index in [9.17, 15) is 4.79 Å². The average molecular weight is 369 g/mol. The van der Waals surface area contributed by atoms with Gasteiger partial charge in [-0.15, -0.1) is 0 Å². The van der Waals surface area contributed by atoms with Crippen molar-refractivity contribution in [2.24, 2.45) is 0 Å². The number of hydrogen-bond acceptors (Lipinski definition) is 3. The van der Waals surface area contributed by atoms with Crippen LogP contribution in [0, 0.1) is 11.3 Å². The lowest BCUT2D eigenvalue weighted by Gasteiger charge is -2.07. The molecule has 0 aliphatic rings. The fraction of sp³-hybridized carbons (Fsp3) is 0.200. The zero-order chi connectivity index (χ0) is 19.8. The van der Waals surface area contributed by atoms with E-state index < -0.39 is 0 Å². The molecule has 0 N–H and O–H groups in total. The Bertz CT molecular complexity index is 949. The summed E-state index contributed by atoms with van der Waals surface area (Å²) in [5.41, 5.74) is 4.44. The molecule has 0 heterocycles. The van der Waals surface area contributed by atoms with Crippen molar-refractivity contribution >= 4 is 5.97 Å². The molecule has 0 atom stereocenters. The van der Waals surface area contributed by atoms with Crippen LogP contribution in [-0.4, -0.2) is 5.97 Å². The van der Waals surface area contributed by atoms with Crippen molar-refractivity contribution in [1.29, 1.82) is 5.26 Å². The number of nitrogens with zero attached hydrogens (tertiary/aromatic N) is 1. The van der Waals surface area contributed by atoms with E-state index in [0.29, 0.717) is 16.9 Å². The Balaban J connectivity index is 1.61. The molecule has 0 aromatic heterocycles. The molecule has 3 heteroatoms. The molecule has 0 amide bonds. The van der Waals surface area contributed by atoms with Crippen LogP contribution in [0.15, 0.2) is 72.8 Å². The maximum absolute atomic E-state index is 12.4. The van der Waals surface area contributed by atoms with Crippen molar-refractivity contribution < 1.29 is 9.53 Å². The topological polar surface area (TPSA) is 50.1 Å². The van der Waals surface area contributed by atoms with Crippen LogP contribution in [0.1, 0.15) is 47.7 Å².